The molecule has 0 atom stereocenters. The number of aryl methyl sites for hydroxylation is 1. The van der Waals surface area contributed by atoms with E-state index in [1.54, 1.807) is 23.5 Å². The molecule has 1 aliphatic carbocycles. The van der Waals surface area contributed by atoms with Gasteiger partial charge in [-0.1, -0.05) is 12.5 Å². The van der Waals surface area contributed by atoms with E-state index in [1.165, 1.54) is 19.3 Å². The van der Waals surface area contributed by atoms with Gasteiger partial charge in [0, 0.05) is 16.6 Å². The Balaban J connectivity index is 1.16. The Morgan fingerprint density at radius 1 is 0.953 bits per heavy atom. The largest absolute Gasteiger partial charge is 0.492 e. The Kier molecular flexibility index (Phi) is 8.49. The molecule has 0 amide bonds. The number of hydrogen-bond donors (Lipinski definition) is 0. The molecule has 1 saturated heterocycles. The van der Waals surface area contributed by atoms with E-state index in [4.69, 9.17) is 14.2 Å². The van der Waals surface area contributed by atoms with Crippen LogP contribution in [-0.4, -0.2) is 48.8 Å². The fourth-order valence-corrected chi connectivity index (χ4v) is 6.53. The minimum atomic E-state index is -0.940. The summed E-state index contributed by atoms with van der Waals surface area (Å²) in [5.41, 5.74) is 1.14. The standard InChI is InChI=1S/C33H34N2O7S/c1-23-5-14-28-29(21-23)43-31(24-6-8-27(9-7-24)42-32(36)33(15-16-33)22-40-35(37)38)30(28)41-26-12-10-25(11-13-26)39-20-19-34-17-3-2-4-18-34/h5-14,21H,2-4,15-20,22H2,1H3. The summed E-state index contributed by atoms with van der Waals surface area (Å²) >= 11 is 1.64. The van der Waals surface area contributed by atoms with E-state index >= 15 is 0 Å². The van der Waals surface area contributed by atoms with E-state index in [1.807, 2.05) is 36.4 Å². The second-order valence-electron chi connectivity index (χ2n) is 11.3. The number of esters is 1. The summed E-state index contributed by atoms with van der Waals surface area (Å²) in [6.07, 6.45) is 4.88. The van der Waals surface area contributed by atoms with Crippen LogP contribution < -0.4 is 14.2 Å². The molecule has 1 saturated carbocycles. The molecule has 3 aromatic carbocycles. The van der Waals surface area contributed by atoms with E-state index in [0.29, 0.717) is 30.9 Å². The summed E-state index contributed by atoms with van der Waals surface area (Å²) in [5.74, 6) is 2.15. The Bertz CT molecular complexity index is 1590. The minimum Gasteiger partial charge on any atom is -0.492 e. The first-order valence-electron chi connectivity index (χ1n) is 14.6. The number of ether oxygens (including phenoxy) is 3. The first-order valence-corrected chi connectivity index (χ1v) is 15.5. The normalized spacial score (nSPS) is 16.0. The highest BCUT2D eigenvalue weighted by atomic mass is 32.1. The number of hydrogen-bond acceptors (Lipinski definition) is 9. The zero-order valence-electron chi connectivity index (χ0n) is 24.1. The van der Waals surface area contributed by atoms with Gasteiger partial charge in [-0.15, -0.1) is 21.5 Å². The first kappa shape index (κ1) is 28.9. The number of carbonyl (C=O) groups is 1. The predicted molar refractivity (Wildman–Crippen MR) is 165 cm³/mol. The predicted octanol–water partition coefficient (Wildman–Crippen LogP) is 7.43. The van der Waals surface area contributed by atoms with E-state index in [9.17, 15) is 14.9 Å². The summed E-state index contributed by atoms with van der Waals surface area (Å²) in [5, 5.41) is 10.7. The maximum atomic E-state index is 12.7. The van der Waals surface area contributed by atoms with Gasteiger partial charge in [0.25, 0.3) is 5.09 Å². The van der Waals surface area contributed by atoms with Gasteiger partial charge >= 0.3 is 5.97 Å². The number of carbonyl (C=O) groups excluding carboxylic acids is 1. The number of piperidine rings is 1. The van der Waals surface area contributed by atoms with Gasteiger partial charge in [-0.05, 0) is 117 Å². The summed E-state index contributed by atoms with van der Waals surface area (Å²) in [4.78, 5) is 31.1. The molecule has 224 valence electrons. The van der Waals surface area contributed by atoms with Gasteiger partial charge in [-0.25, -0.2) is 0 Å². The zero-order valence-corrected chi connectivity index (χ0v) is 24.9. The van der Waals surface area contributed by atoms with Gasteiger partial charge in [0.2, 0.25) is 0 Å². The quantitative estimate of drug-likeness (QED) is 0.0714. The van der Waals surface area contributed by atoms with Gasteiger partial charge in [0.05, 0.1) is 10.3 Å². The van der Waals surface area contributed by atoms with Crippen LogP contribution in [0.1, 0.15) is 37.7 Å². The highest BCUT2D eigenvalue weighted by molar-refractivity contribution is 7.22. The number of likely N-dealkylation sites (tertiary alicyclic amines) is 1. The zero-order chi connectivity index (χ0) is 29.8. The monoisotopic (exact) mass is 602 g/mol. The van der Waals surface area contributed by atoms with Crippen molar-refractivity contribution in [2.24, 2.45) is 5.41 Å². The third-order valence-corrected chi connectivity index (χ3v) is 9.21. The molecule has 0 spiro atoms. The van der Waals surface area contributed by atoms with Gasteiger partial charge in [-0.3, -0.25) is 9.69 Å². The highest BCUT2D eigenvalue weighted by Crippen LogP contribution is 2.48. The SMILES string of the molecule is Cc1ccc2c(Oc3ccc(OCCN4CCCCC4)cc3)c(-c3ccc(OC(=O)C4(CO[N+](=O)[O-])CC4)cc3)sc2c1. The molecule has 2 fully saturated rings. The van der Waals surface area contributed by atoms with Crippen LogP contribution in [0.3, 0.4) is 0 Å². The van der Waals surface area contributed by atoms with Crippen LogP contribution >= 0.6 is 11.3 Å². The maximum absolute atomic E-state index is 12.7. The van der Waals surface area contributed by atoms with Crippen molar-refractivity contribution < 1.29 is 28.9 Å². The molecule has 1 aliphatic heterocycles. The first-order chi connectivity index (χ1) is 20.9. The number of fused-ring (bicyclic) bond motifs is 1. The van der Waals surface area contributed by atoms with Crippen LogP contribution in [0.5, 0.6) is 23.0 Å². The van der Waals surface area contributed by atoms with Crippen molar-refractivity contribution in [1.29, 1.82) is 0 Å². The third-order valence-electron chi connectivity index (χ3n) is 8.03. The fraction of sp³-hybridized carbons (Fsp3) is 0.364. The Hall–Kier alpha value is -4.15. The van der Waals surface area contributed by atoms with Crippen molar-refractivity contribution >= 4 is 27.4 Å². The van der Waals surface area contributed by atoms with Crippen LogP contribution in [0.15, 0.2) is 66.7 Å². The van der Waals surface area contributed by atoms with Crippen LogP contribution in [0.4, 0.5) is 0 Å². The summed E-state index contributed by atoms with van der Waals surface area (Å²) in [7, 11) is 0. The smallest absolute Gasteiger partial charge is 0.319 e. The lowest BCUT2D eigenvalue weighted by Gasteiger charge is -2.26. The molecule has 0 bridgehead atoms. The molecule has 2 aliphatic rings. The molecule has 6 rings (SSSR count). The number of nitrogens with zero attached hydrogens (tertiary/aromatic N) is 2. The van der Waals surface area contributed by atoms with Gasteiger partial charge in [0.1, 0.15) is 30.5 Å². The molecule has 0 unspecified atom stereocenters. The number of thiophene rings is 1. The summed E-state index contributed by atoms with van der Waals surface area (Å²) in [6, 6.07) is 21.3. The molecular weight excluding hydrogens is 568 g/mol. The number of benzene rings is 3. The number of rotatable bonds is 12. The molecule has 10 heteroatoms. The van der Waals surface area contributed by atoms with Crippen LogP contribution in [-0.2, 0) is 9.63 Å². The second-order valence-corrected chi connectivity index (χ2v) is 12.3. The third kappa shape index (κ3) is 6.92. The summed E-state index contributed by atoms with van der Waals surface area (Å²) < 4.78 is 19.2. The van der Waals surface area contributed by atoms with Crippen LogP contribution in [0, 0.1) is 22.5 Å². The molecule has 1 aromatic heterocycles. The molecule has 2 heterocycles. The lowest BCUT2D eigenvalue weighted by molar-refractivity contribution is -0.759. The molecule has 0 N–H and O–H groups in total. The molecule has 9 nitrogen and oxygen atoms in total. The topological polar surface area (TPSA) is 100 Å². The van der Waals surface area contributed by atoms with Gasteiger partial charge in [-0.2, -0.15) is 0 Å². The Labute approximate surface area is 254 Å². The van der Waals surface area contributed by atoms with Crippen molar-refractivity contribution in [2.75, 3.05) is 32.8 Å². The fourth-order valence-electron chi connectivity index (χ4n) is 5.29. The van der Waals surface area contributed by atoms with Gasteiger partial charge in [0.15, 0.2) is 5.75 Å². The van der Waals surface area contributed by atoms with E-state index in [-0.39, 0.29) is 6.61 Å². The lowest BCUT2D eigenvalue weighted by Crippen LogP contribution is -2.33. The highest BCUT2D eigenvalue weighted by Gasteiger charge is 2.52. The van der Waals surface area contributed by atoms with Crippen LogP contribution in [0.25, 0.3) is 20.5 Å². The molecule has 43 heavy (non-hydrogen) atoms. The van der Waals surface area contributed by atoms with Crippen LogP contribution in [0.2, 0.25) is 0 Å². The Morgan fingerprint density at radius 2 is 1.65 bits per heavy atom. The summed E-state index contributed by atoms with van der Waals surface area (Å²) in [6.45, 7) is 5.69. The van der Waals surface area contributed by atoms with E-state index < -0.39 is 16.5 Å². The molecule has 4 aromatic rings. The van der Waals surface area contributed by atoms with Crippen molar-refractivity contribution in [3.05, 3.63) is 82.4 Å². The maximum Gasteiger partial charge on any atom is 0.319 e. The average Bonchev–Trinajstić information content (AvgIpc) is 3.74. The van der Waals surface area contributed by atoms with Crippen molar-refractivity contribution in [3.63, 3.8) is 0 Å². The Morgan fingerprint density at radius 3 is 2.35 bits per heavy atom. The minimum absolute atomic E-state index is 0.287. The van der Waals surface area contributed by atoms with Crippen molar-refractivity contribution in [2.45, 2.75) is 39.0 Å². The van der Waals surface area contributed by atoms with Crippen molar-refractivity contribution in [3.8, 4) is 33.4 Å². The van der Waals surface area contributed by atoms with E-state index in [2.05, 4.69) is 34.9 Å². The van der Waals surface area contributed by atoms with Gasteiger partial charge < -0.3 is 19.0 Å². The molecular formula is C33H34N2O7S. The average molecular weight is 603 g/mol. The lowest BCUT2D eigenvalue weighted by atomic mass is 10.1. The molecule has 0 radical (unpaired) electrons. The second kappa shape index (κ2) is 12.6. The van der Waals surface area contributed by atoms with E-state index in [0.717, 1.165) is 57.2 Å². The van der Waals surface area contributed by atoms with Crippen molar-refractivity contribution in [1.82, 2.24) is 4.90 Å².